The van der Waals surface area contributed by atoms with Gasteiger partial charge in [-0.3, -0.25) is 4.99 Å². The van der Waals surface area contributed by atoms with Crippen LogP contribution < -0.4 is 15.3 Å². The molecular weight excluding hydrogens is 685 g/mol. The van der Waals surface area contributed by atoms with E-state index in [4.69, 9.17) is 65.6 Å². The first-order valence-corrected chi connectivity index (χ1v) is 18.2. The lowest BCUT2D eigenvalue weighted by atomic mass is 9.91. The molecule has 0 aliphatic carbocycles. The molecule has 2 heterocycles. The highest BCUT2D eigenvalue weighted by Crippen LogP contribution is 2.43. The Morgan fingerprint density at radius 3 is 2.27 bits per heavy atom. The fraction of sp³-hybridized carbons (Fsp3) is 0.389. The molecule has 254 valence electrons. The van der Waals surface area contributed by atoms with Gasteiger partial charge in [0, 0.05) is 23.0 Å². The second-order valence-corrected chi connectivity index (χ2v) is 15.0. The highest BCUT2D eigenvalue weighted by atomic mass is 35.5. The van der Waals surface area contributed by atoms with Crippen LogP contribution in [0.2, 0.25) is 15.1 Å². The second-order valence-electron chi connectivity index (χ2n) is 12.7. The highest BCUT2D eigenvalue weighted by Gasteiger charge is 2.28. The van der Waals surface area contributed by atoms with Crippen LogP contribution in [-0.2, 0) is 12.0 Å². The molecule has 5 aromatic rings. The zero-order valence-electron chi connectivity index (χ0n) is 28.2. The quantitative estimate of drug-likeness (QED) is 0.102. The maximum atomic E-state index is 6.73. The SMILES string of the molecule is CCCCN=c1sc2cc(N=Nc3c(C(C)(C)C)nn(-c4c(Cl)cc(Cl)cc4Cl)c3N)c(OC(CC)CC)cc2n1Cc1ccccc1. The number of halogens is 3. The Labute approximate surface area is 301 Å². The van der Waals surface area contributed by atoms with Crippen LogP contribution in [0.4, 0.5) is 17.2 Å². The molecule has 8 nitrogen and oxygen atoms in total. The molecule has 0 aliphatic rings. The zero-order chi connectivity index (χ0) is 34.6. The summed E-state index contributed by atoms with van der Waals surface area (Å²) in [6.45, 7) is 14.0. The summed E-state index contributed by atoms with van der Waals surface area (Å²) in [6, 6.07) is 17.8. The maximum Gasteiger partial charge on any atom is 0.186 e. The van der Waals surface area contributed by atoms with Crippen LogP contribution in [0.5, 0.6) is 5.75 Å². The van der Waals surface area contributed by atoms with Gasteiger partial charge in [0.25, 0.3) is 0 Å². The van der Waals surface area contributed by atoms with Gasteiger partial charge < -0.3 is 15.0 Å². The standard InChI is InChI=1S/C36H42Cl3N7OS/c1-7-10-16-41-35-45(21-22-14-12-11-13-15-22)28-20-29(47-24(8-2)9-3)27(19-30(28)48-35)42-43-31-33(36(4,5)6)44-46(34(31)40)32-25(38)17-23(37)18-26(32)39/h11-15,17-20,24H,7-10,16,21,40H2,1-6H3. The third kappa shape index (κ3) is 7.91. The Bertz CT molecular complexity index is 1960. The highest BCUT2D eigenvalue weighted by molar-refractivity contribution is 7.16. The van der Waals surface area contributed by atoms with Crippen molar-refractivity contribution in [1.82, 2.24) is 14.3 Å². The van der Waals surface area contributed by atoms with Gasteiger partial charge in [-0.1, -0.05) is 124 Å². The second kappa shape index (κ2) is 15.5. The number of thiazole rings is 1. The van der Waals surface area contributed by atoms with E-state index in [1.807, 2.05) is 32.9 Å². The molecule has 0 fully saturated rings. The fourth-order valence-corrected chi connectivity index (χ4v) is 7.35. The molecule has 0 saturated carbocycles. The van der Waals surface area contributed by atoms with Gasteiger partial charge in [-0.25, -0.2) is 4.68 Å². The monoisotopic (exact) mass is 725 g/mol. The Balaban J connectivity index is 1.69. The molecule has 5 rings (SSSR count). The Morgan fingerprint density at radius 2 is 1.65 bits per heavy atom. The van der Waals surface area contributed by atoms with E-state index < -0.39 is 5.41 Å². The molecule has 0 saturated heterocycles. The smallest absolute Gasteiger partial charge is 0.186 e. The summed E-state index contributed by atoms with van der Waals surface area (Å²) in [5.41, 5.74) is 10.6. The molecule has 12 heteroatoms. The largest absolute Gasteiger partial charge is 0.488 e. The molecule has 2 aromatic heterocycles. The van der Waals surface area contributed by atoms with Crippen molar-refractivity contribution in [2.45, 2.75) is 85.3 Å². The zero-order valence-corrected chi connectivity index (χ0v) is 31.3. The van der Waals surface area contributed by atoms with E-state index in [0.29, 0.717) is 50.1 Å². The Hall–Kier alpha value is -3.37. The predicted octanol–water partition coefficient (Wildman–Crippen LogP) is 11.5. The average molecular weight is 727 g/mol. The molecule has 0 atom stereocenters. The van der Waals surface area contributed by atoms with Crippen LogP contribution in [-0.4, -0.2) is 27.0 Å². The molecule has 2 N–H and O–H groups in total. The van der Waals surface area contributed by atoms with Crippen molar-refractivity contribution in [3.63, 3.8) is 0 Å². The topological polar surface area (TPSA) is 95.1 Å². The minimum atomic E-state index is -0.427. The minimum absolute atomic E-state index is 0.0125. The first-order chi connectivity index (χ1) is 22.9. The van der Waals surface area contributed by atoms with Gasteiger partial charge in [-0.2, -0.15) is 5.10 Å². The lowest BCUT2D eigenvalue weighted by Gasteiger charge is -2.18. The number of ether oxygens (including phenoxy) is 1. The number of nitrogens with zero attached hydrogens (tertiary/aromatic N) is 6. The number of benzene rings is 3. The van der Waals surface area contributed by atoms with E-state index in [-0.39, 0.29) is 11.9 Å². The molecule has 0 radical (unpaired) electrons. The summed E-state index contributed by atoms with van der Waals surface area (Å²) in [5, 5.41) is 15.4. The number of aromatic nitrogens is 3. The van der Waals surface area contributed by atoms with Crippen molar-refractivity contribution in [2.75, 3.05) is 12.3 Å². The van der Waals surface area contributed by atoms with Crippen molar-refractivity contribution in [1.29, 1.82) is 0 Å². The summed E-state index contributed by atoms with van der Waals surface area (Å²) in [6.07, 6.45) is 3.83. The van der Waals surface area contributed by atoms with Gasteiger partial charge in [-0.05, 0) is 43.0 Å². The van der Waals surface area contributed by atoms with Gasteiger partial charge in [0.2, 0.25) is 0 Å². The number of azo groups is 1. The van der Waals surface area contributed by atoms with E-state index in [2.05, 4.69) is 55.7 Å². The van der Waals surface area contributed by atoms with Crippen molar-refractivity contribution in [3.05, 3.63) is 85.7 Å². The van der Waals surface area contributed by atoms with E-state index in [1.54, 1.807) is 23.5 Å². The molecule has 0 aliphatic heterocycles. The molecule has 0 amide bonds. The fourth-order valence-electron chi connectivity index (χ4n) is 5.30. The summed E-state index contributed by atoms with van der Waals surface area (Å²) in [7, 11) is 0. The number of nitrogens with two attached hydrogens (primary N) is 1. The average Bonchev–Trinajstić information content (AvgIpc) is 3.54. The van der Waals surface area contributed by atoms with Crippen LogP contribution >= 0.6 is 46.1 Å². The first kappa shape index (κ1) is 35.9. The summed E-state index contributed by atoms with van der Waals surface area (Å²) < 4.78 is 11.4. The van der Waals surface area contributed by atoms with Gasteiger partial charge in [0.15, 0.2) is 16.3 Å². The summed E-state index contributed by atoms with van der Waals surface area (Å²) in [4.78, 5) is 5.97. The Kier molecular flexibility index (Phi) is 11.6. The lowest BCUT2D eigenvalue weighted by Crippen LogP contribution is -2.17. The van der Waals surface area contributed by atoms with Crippen LogP contribution in [0.15, 0.2) is 69.8 Å². The number of hydrogen-bond donors (Lipinski definition) is 1. The van der Waals surface area contributed by atoms with E-state index in [0.717, 1.165) is 47.2 Å². The molecule has 48 heavy (non-hydrogen) atoms. The van der Waals surface area contributed by atoms with E-state index in [1.165, 1.54) is 10.2 Å². The van der Waals surface area contributed by atoms with Gasteiger partial charge >= 0.3 is 0 Å². The van der Waals surface area contributed by atoms with Gasteiger partial charge in [-0.15, -0.1) is 10.2 Å². The van der Waals surface area contributed by atoms with Crippen LogP contribution in [0, 0.1) is 0 Å². The van der Waals surface area contributed by atoms with Crippen LogP contribution in [0.25, 0.3) is 15.9 Å². The number of nitrogen functional groups attached to an aromatic ring is 1. The summed E-state index contributed by atoms with van der Waals surface area (Å²) >= 11 is 21.0. The predicted molar refractivity (Wildman–Crippen MR) is 202 cm³/mol. The number of unbranched alkanes of at least 4 members (excludes halogenated alkanes) is 1. The molecule has 0 unspecified atom stereocenters. The number of anilines is 1. The van der Waals surface area contributed by atoms with Crippen molar-refractivity contribution in [2.24, 2.45) is 15.2 Å². The first-order valence-electron chi connectivity index (χ1n) is 16.3. The third-order valence-electron chi connectivity index (χ3n) is 7.97. The third-order valence-corrected chi connectivity index (χ3v) is 9.84. The normalized spacial score (nSPS) is 12.7. The lowest BCUT2D eigenvalue weighted by molar-refractivity contribution is 0.194. The molecule has 0 spiro atoms. The summed E-state index contributed by atoms with van der Waals surface area (Å²) in [5.74, 6) is 0.902. The maximum absolute atomic E-state index is 6.73. The molecule has 0 bridgehead atoms. The number of fused-ring (bicyclic) bond motifs is 1. The van der Waals surface area contributed by atoms with Crippen molar-refractivity contribution >= 4 is 73.5 Å². The molecule has 3 aromatic carbocycles. The van der Waals surface area contributed by atoms with Gasteiger partial charge in [0.05, 0.1) is 38.6 Å². The number of rotatable bonds is 12. The Morgan fingerprint density at radius 1 is 0.958 bits per heavy atom. The van der Waals surface area contributed by atoms with Gasteiger partial charge in [0.1, 0.15) is 17.1 Å². The van der Waals surface area contributed by atoms with Crippen LogP contribution in [0.1, 0.15) is 78.5 Å². The van der Waals surface area contributed by atoms with Crippen LogP contribution in [0.3, 0.4) is 0 Å². The number of hydrogen-bond acceptors (Lipinski definition) is 7. The van der Waals surface area contributed by atoms with Crippen molar-refractivity contribution < 1.29 is 4.74 Å². The van der Waals surface area contributed by atoms with E-state index in [9.17, 15) is 0 Å². The molecular formula is C36H42Cl3N7OS. The minimum Gasteiger partial charge on any atom is -0.488 e. The van der Waals surface area contributed by atoms with Crippen molar-refractivity contribution in [3.8, 4) is 11.4 Å². The van der Waals surface area contributed by atoms with E-state index >= 15 is 0 Å².